The van der Waals surface area contributed by atoms with Gasteiger partial charge in [-0.3, -0.25) is 19.3 Å². The summed E-state index contributed by atoms with van der Waals surface area (Å²) in [5.41, 5.74) is 12.5. The zero-order valence-corrected chi connectivity index (χ0v) is 19.2. The summed E-state index contributed by atoms with van der Waals surface area (Å²) in [7, 11) is 0. The highest BCUT2D eigenvalue weighted by molar-refractivity contribution is 6.02. The van der Waals surface area contributed by atoms with E-state index in [0.717, 1.165) is 16.0 Å². The number of aliphatic hydroxyl groups is 2. The average Bonchev–Trinajstić information content (AvgIpc) is 3.57. The summed E-state index contributed by atoms with van der Waals surface area (Å²) in [4.78, 5) is 48.9. The van der Waals surface area contributed by atoms with Crippen molar-refractivity contribution in [1.82, 2.24) is 20.4 Å². The molecule has 8 N–H and O–H groups in total. The molecule has 4 atom stereocenters. The maximum atomic E-state index is 13.2. The van der Waals surface area contributed by atoms with E-state index < -0.39 is 35.5 Å². The quantitative estimate of drug-likeness (QED) is 0.179. The van der Waals surface area contributed by atoms with Gasteiger partial charge in [-0.05, 0) is 17.2 Å². The SMILES string of the molecule is NC1=NC2[C@H](CN3C(=O)CCC3=O)N=C(N)N3CC(NC(=O)c4cccc5c4COC5)C(O)(O)C23N1. The van der Waals surface area contributed by atoms with Crippen LogP contribution in [0.4, 0.5) is 0 Å². The Morgan fingerprint density at radius 2 is 1.94 bits per heavy atom. The number of rotatable bonds is 4. The van der Waals surface area contributed by atoms with E-state index in [0.29, 0.717) is 12.2 Å². The van der Waals surface area contributed by atoms with Crippen LogP contribution >= 0.6 is 0 Å². The van der Waals surface area contributed by atoms with Crippen molar-refractivity contribution in [1.29, 1.82) is 0 Å². The highest BCUT2D eigenvalue weighted by Gasteiger charge is 2.73. The molecule has 0 aliphatic carbocycles. The Balaban J connectivity index is 1.32. The van der Waals surface area contributed by atoms with Crippen molar-refractivity contribution in [3.8, 4) is 0 Å². The minimum Gasteiger partial charge on any atom is -0.372 e. The lowest BCUT2D eigenvalue weighted by atomic mass is 9.84. The summed E-state index contributed by atoms with van der Waals surface area (Å²) in [6.07, 6.45) is 0.200. The third-order valence-electron chi connectivity index (χ3n) is 7.65. The summed E-state index contributed by atoms with van der Waals surface area (Å²) in [6, 6.07) is 2.13. The lowest BCUT2D eigenvalue weighted by molar-refractivity contribution is -0.230. The largest absolute Gasteiger partial charge is 0.372 e. The average molecular weight is 499 g/mol. The van der Waals surface area contributed by atoms with Crippen molar-refractivity contribution in [3.63, 3.8) is 0 Å². The fourth-order valence-electron chi connectivity index (χ4n) is 5.90. The van der Waals surface area contributed by atoms with Gasteiger partial charge in [-0.2, -0.15) is 0 Å². The molecule has 2 fully saturated rings. The van der Waals surface area contributed by atoms with Gasteiger partial charge in [0.15, 0.2) is 17.6 Å². The summed E-state index contributed by atoms with van der Waals surface area (Å²) < 4.78 is 5.45. The predicted molar refractivity (Wildman–Crippen MR) is 123 cm³/mol. The van der Waals surface area contributed by atoms with Crippen LogP contribution in [-0.2, 0) is 27.5 Å². The van der Waals surface area contributed by atoms with E-state index in [-0.39, 0.29) is 56.3 Å². The molecule has 0 saturated carbocycles. The Hall–Kier alpha value is -3.75. The van der Waals surface area contributed by atoms with Crippen molar-refractivity contribution in [2.75, 3.05) is 13.1 Å². The Morgan fingerprint density at radius 1 is 1.19 bits per heavy atom. The highest BCUT2D eigenvalue weighted by atomic mass is 16.5. The molecule has 14 nitrogen and oxygen atoms in total. The van der Waals surface area contributed by atoms with Crippen molar-refractivity contribution >= 4 is 29.6 Å². The van der Waals surface area contributed by atoms with Gasteiger partial charge in [-0.1, -0.05) is 12.1 Å². The number of ether oxygens (including phenoxy) is 1. The number of hydrogen-bond acceptors (Lipinski definition) is 12. The van der Waals surface area contributed by atoms with Crippen molar-refractivity contribution < 1.29 is 29.3 Å². The zero-order valence-electron chi connectivity index (χ0n) is 19.2. The number of carbonyl (C=O) groups excluding carboxylic acids is 3. The molecule has 1 spiro atoms. The van der Waals surface area contributed by atoms with Crippen LogP contribution in [0.5, 0.6) is 0 Å². The Labute approximate surface area is 205 Å². The summed E-state index contributed by atoms with van der Waals surface area (Å²) in [5, 5.41) is 28.7. The van der Waals surface area contributed by atoms with Gasteiger partial charge in [-0.15, -0.1) is 0 Å². The van der Waals surface area contributed by atoms with Gasteiger partial charge >= 0.3 is 0 Å². The monoisotopic (exact) mass is 498 g/mol. The molecule has 5 aliphatic rings. The van der Waals surface area contributed by atoms with Gasteiger partial charge in [0.25, 0.3) is 5.91 Å². The minimum absolute atomic E-state index is 0.0639. The number of nitrogens with one attached hydrogen (secondary N) is 2. The zero-order chi connectivity index (χ0) is 25.4. The van der Waals surface area contributed by atoms with Crippen LogP contribution in [0.15, 0.2) is 28.2 Å². The minimum atomic E-state index is -2.62. The van der Waals surface area contributed by atoms with E-state index in [9.17, 15) is 24.6 Å². The van der Waals surface area contributed by atoms with Crippen molar-refractivity contribution in [3.05, 3.63) is 34.9 Å². The molecule has 2 saturated heterocycles. The van der Waals surface area contributed by atoms with Crippen molar-refractivity contribution in [2.24, 2.45) is 21.5 Å². The number of aliphatic imine (C=N–C) groups is 2. The Kier molecular flexibility index (Phi) is 4.81. The summed E-state index contributed by atoms with van der Waals surface area (Å²) in [5.74, 6) is -3.96. The molecule has 190 valence electrons. The molecule has 3 amide bonds. The van der Waals surface area contributed by atoms with Gasteiger partial charge in [0.05, 0.1) is 25.8 Å². The number of guanidine groups is 2. The maximum Gasteiger partial charge on any atom is 0.252 e. The molecule has 5 aliphatic heterocycles. The lowest BCUT2D eigenvalue weighted by Crippen LogP contribution is -2.78. The molecular weight excluding hydrogens is 472 g/mol. The van der Waals surface area contributed by atoms with Crippen LogP contribution in [-0.4, -0.2) is 92.3 Å². The smallest absolute Gasteiger partial charge is 0.252 e. The molecule has 6 rings (SSSR count). The number of hydrogen-bond donors (Lipinski definition) is 6. The van der Waals surface area contributed by atoms with E-state index >= 15 is 0 Å². The maximum absolute atomic E-state index is 13.2. The topological polar surface area (TPSA) is 208 Å². The number of fused-ring (bicyclic) bond motifs is 1. The van der Waals surface area contributed by atoms with E-state index in [1.165, 1.54) is 4.90 Å². The van der Waals surface area contributed by atoms with Crippen LogP contribution in [0.25, 0.3) is 0 Å². The number of imide groups is 1. The number of amides is 3. The van der Waals surface area contributed by atoms with E-state index in [2.05, 4.69) is 20.6 Å². The van der Waals surface area contributed by atoms with Gasteiger partial charge in [0, 0.05) is 24.9 Å². The van der Waals surface area contributed by atoms with Gasteiger partial charge in [0.2, 0.25) is 17.6 Å². The third-order valence-corrected chi connectivity index (χ3v) is 7.65. The van der Waals surface area contributed by atoms with Crippen LogP contribution in [0.3, 0.4) is 0 Å². The lowest BCUT2D eigenvalue weighted by Gasteiger charge is -2.49. The van der Waals surface area contributed by atoms with Crippen LogP contribution < -0.4 is 22.1 Å². The van der Waals surface area contributed by atoms with Crippen molar-refractivity contribution in [2.45, 2.75) is 55.6 Å². The molecule has 36 heavy (non-hydrogen) atoms. The number of nitrogens with zero attached hydrogens (tertiary/aromatic N) is 4. The number of nitrogens with two attached hydrogens (primary N) is 2. The van der Waals surface area contributed by atoms with Gasteiger partial charge in [-0.25, -0.2) is 9.98 Å². The second kappa shape index (κ2) is 7.62. The van der Waals surface area contributed by atoms with Crippen LogP contribution in [0.2, 0.25) is 0 Å². The number of likely N-dealkylation sites (tertiary alicyclic amines) is 1. The Bertz CT molecular complexity index is 1230. The number of carbonyl (C=O) groups is 3. The summed E-state index contributed by atoms with van der Waals surface area (Å²) >= 11 is 0. The third kappa shape index (κ3) is 2.98. The molecule has 0 radical (unpaired) electrons. The second-order valence-corrected chi connectivity index (χ2v) is 9.60. The van der Waals surface area contributed by atoms with Gasteiger partial charge < -0.3 is 42.0 Å². The molecule has 0 aromatic heterocycles. The molecule has 1 aromatic rings. The van der Waals surface area contributed by atoms with Crippen LogP contribution in [0.1, 0.15) is 34.3 Å². The fourth-order valence-corrected chi connectivity index (χ4v) is 5.90. The molecule has 14 heteroatoms. The van der Waals surface area contributed by atoms with E-state index in [4.69, 9.17) is 16.2 Å². The molecular formula is C22H26N8O6. The van der Waals surface area contributed by atoms with E-state index in [1.54, 1.807) is 12.1 Å². The first-order chi connectivity index (χ1) is 17.1. The van der Waals surface area contributed by atoms with Crippen LogP contribution in [0, 0.1) is 0 Å². The second-order valence-electron chi connectivity index (χ2n) is 9.60. The molecule has 3 unspecified atom stereocenters. The first-order valence-corrected chi connectivity index (χ1v) is 11.6. The Morgan fingerprint density at radius 3 is 2.69 bits per heavy atom. The van der Waals surface area contributed by atoms with Gasteiger partial charge in [0.1, 0.15) is 12.1 Å². The number of benzene rings is 1. The fraction of sp³-hybridized carbons (Fsp3) is 0.500. The summed E-state index contributed by atoms with van der Waals surface area (Å²) in [6.45, 7) is 0.437. The molecule has 1 aromatic carbocycles. The normalized spacial score (nSPS) is 32.0. The first kappa shape index (κ1) is 22.7. The standard InChI is InChI=1S/C22H26N8O6/c23-19-27-17-13(6-29-15(31)4-5-16(29)32)25-20(24)30-7-14(22(34,35)21(17,30)28-19)26-18(33)11-3-1-2-10-8-36-9-12(10)11/h1-3,13-14,17,34-35H,4-9H2,(H2,24,25)(H,26,33)(H3,23,27,28)/t13-,14?,17?,21?/m0/s1. The van der Waals surface area contributed by atoms with E-state index in [1.807, 2.05) is 6.07 Å². The molecule has 5 heterocycles. The molecule has 0 bridgehead atoms. The predicted octanol–water partition coefficient (Wildman–Crippen LogP) is -3.36. The highest BCUT2D eigenvalue weighted by Crippen LogP contribution is 2.45. The first-order valence-electron chi connectivity index (χ1n) is 11.6.